The van der Waals surface area contributed by atoms with Crippen molar-refractivity contribution < 1.29 is 18.7 Å². The maximum absolute atomic E-state index is 13.0. The molecule has 0 fully saturated rings. The van der Waals surface area contributed by atoms with Gasteiger partial charge < -0.3 is 10.1 Å². The predicted octanol–water partition coefficient (Wildman–Crippen LogP) is 3.82. The van der Waals surface area contributed by atoms with E-state index >= 15 is 0 Å². The molecular weight excluding hydrogens is 333 g/mol. The Balaban J connectivity index is 1.88. The van der Waals surface area contributed by atoms with E-state index in [0.29, 0.717) is 16.3 Å². The van der Waals surface area contributed by atoms with Crippen LogP contribution in [0.15, 0.2) is 36.4 Å². The Hall–Kier alpha value is -2.40. The second-order valence-electron chi connectivity index (χ2n) is 5.45. The molecular formula is C18H17ClFNO3. The molecule has 2 rings (SSSR count). The van der Waals surface area contributed by atoms with E-state index in [0.717, 1.165) is 11.1 Å². The van der Waals surface area contributed by atoms with E-state index in [-0.39, 0.29) is 6.42 Å². The van der Waals surface area contributed by atoms with Crippen molar-refractivity contribution in [1.29, 1.82) is 0 Å². The normalized spacial score (nSPS) is 10.3. The second-order valence-corrected chi connectivity index (χ2v) is 5.86. The minimum atomic E-state index is -0.609. The summed E-state index contributed by atoms with van der Waals surface area (Å²) in [5.74, 6) is -1.53. The van der Waals surface area contributed by atoms with Gasteiger partial charge in [-0.15, -0.1) is 0 Å². The molecule has 0 heterocycles. The summed E-state index contributed by atoms with van der Waals surface area (Å²) in [6, 6.07) is 9.27. The van der Waals surface area contributed by atoms with Crippen LogP contribution in [0.2, 0.25) is 5.02 Å². The van der Waals surface area contributed by atoms with Crippen LogP contribution < -0.4 is 5.32 Å². The van der Waals surface area contributed by atoms with E-state index in [1.165, 1.54) is 18.2 Å². The van der Waals surface area contributed by atoms with Crippen molar-refractivity contribution >= 4 is 29.2 Å². The summed E-state index contributed by atoms with van der Waals surface area (Å²) in [5.41, 5.74) is 2.78. The number of aryl methyl sites for hydroxylation is 2. The van der Waals surface area contributed by atoms with Gasteiger partial charge in [0.2, 0.25) is 0 Å². The molecule has 6 heteroatoms. The quantitative estimate of drug-likeness (QED) is 0.835. The lowest BCUT2D eigenvalue weighted by Crippen LogP contribution is -2.22. The Morgan fingerprint density at radius 1 is 1.21 bits per heavy atom. The maximum atomic E-state index is 13.0. The highest BCUT2D eigenvalue weighted by Crippen LogP contribution is 2.27. The Morgan fingerprint density at radius 3 is 2.62 bits per heavy atom. The first-order valence-corrected chi connectivity index (χ1v) is 7.69. The summed E-state index contributed by atoms with van der Waals surface area (Å²) in [6.07, 6.45) is -0.102. The van der Waals surface area contributed by atoms with Gasteiger partial charge in [0.15, 0.2) is 6.61 Å². The SMILES string of the molecule is Cc1cc(C)c(NC(=O)COC(=O)Cc2cccc(F)c2)c(Cl)c1. The lowest BCUT2D eigenvalue weighted by molar-refractivity contribution is -0.146. The molecule has 2 aromatic carbocycles. The molecule has 0 saturated heterocycles. The van der Waals surface area contributed by atoms with Crippen molar-refractivity contribution in [3.8, 4) is 0 Å². The zero-order chi connectivity index (χ0) is 17.7. The number of carbonyl (C=O) groups excluding carboxylic acids is 2. The van der Waals surface area contributed by atoms with Crippen molar-refractivity contribution in [3.05, 3.63) is 63.9 Å². The highest BCUT2D eigenvalue weighted by atomic mass is 35.5. The fourth-order valence-corrected chi connectivity index (χ4v) is 2.63. The summed E-state index contributed by atoms with van der Waals surface area (Å²) < 4.78 is 18.0. The summed E-state index contributed by atoms with van der Waals surface area (Å²) in [7, 11) is 0. The minimum Gasteiger partial charge on any atom is -0.455 e. The Morgan fingerprint density at radius 2 is 1.96 bits per heavy atom. The fourth-order valence-electron chi connectivity index (χ4n) is 2.26. The van der Waals surface area contributed by atoms with Crippen LogP contribution in [-0.4, -0.2) is 18.5 Å². The number of rotatable bonds is 5. The van der Waals surface area contributed by atoms with Gasteiger partial charge in [-0.3, -0.25) is 9.59 Å². The smallest absolute Gasteiger partial charge is 0.310 e. The molecule has 0 aliphatic carbocycles. The standard InChI is InChI=1S/C18H17ClFNO3/c1-11-6-12(2)18(15(19)7-11)21-16(22)10-24-17(23)9-13-4-3-5-14(20)8-13/h3-8H,9-10H2,1-2H3,(H,21,22). The number of amides is 1. The van der Waals surface area contributed by atoms with Crippen LogP contribution >= 0.6 is 11.6 Å². The van der Waals surface area contributed by atoms with Crippen molar-refractivity contribution in [2.24, 2.45) is 0 Å². The van der Waals surface area contributed by atoms with Gasteiger partial charge in [0, 0.05) is 0 Å². The molecule has 0 atom stereocenters. The van der Waals surface area contributed by atoms with Gasteiger partial charge in [-0.05, 0) is 48.7 Å². The summed E-state index contributed by atoms with van der Waals surface area (Å²) >= 11 is 6.11. The third-order valence-corrected chi connectivity index (χ3v) is 3.60. The lowest BCUT2D eigenvalue weighted by atomic mass is 10.1. The topological polar surface area (TPSA) is 55.4 Å². The van der Waals surface area contributed by atoms with Gasteiger partial charge in [-0.25, -0.2) is 4.39 Å². The van der Waals surface area contributed by atoms with E-state index in [1.54, 1.807) is 12.1 Å². The van der Waals surface area contributed by atoms with E-state index in [9.17, 15) is 14.0 Å². The van der Waals surface area contributed by atoms with Crippen molar-refractivity contribution in [2.75, 3.05) is 11.9 Å². The summed E-state index contributed by atoms with van der Waals surface area (Å²) in [5, 5.41) is 3.05. The number of ether oxygens (including phenoxy) is 1. The zero-order valence-corrected chi connectivity index (χ0v) is 14.1. The average Bonchev–Trinajstić information content (AvgIpc) is 2.49. The first-order valence-electron chi connectivity index (χ1n) is 7.32. The van der Waals surface area contributed by atoms with Gasteiger partial charge in [-0.1, -0.05) is 29.8 Å². The maximum Gasteiger partial charge on any atom is 0.310 e. The van der Waals surface area contributed by atoms with Crippen LogP contribution in [0, 0.1) is 19.7 Å². The zero-order valence-electron chi connectivity index (χ0n) is 13.4. The van der Waals surface area contributed by atoms with E-state index in [2.05, 4.69) is 5.32 Å². The Bertz CT molecular complexity index is 754. The van der Waals surface area contributed by atoms with E-state index in [4.69, 9.17) is 16.3 Å². The number of benzene rings is 2. The molecule has 0 saturated carbocycles. The van der Waals surface area contributed by atoms with Gasteiger partial charge in [-0.2, -0.15) is 0 Å². The number of hydrogen-bond donors (Lipinski definition) is 1. The predicted molar refractivity (Wildman–Crippen MR) is 90.6 cm³/mol. The van der Waals surface area contributed by atoms with Gasteiger partial charge in [0.05, 0.1) is 17.1 Å². The van der Waals surface area contributed by atoms with Gasteiger partial charge in [0.25, 0.3) is 5.91 Å². The van der Waals surface area contributed by atoms with E-state index < -0.39 is 24.3 Å². The summed E-state index contributed by atoms with van der Waals surface area (Å²) in [4.78, 5) is 23.6. The molecule has 0 aromatic heterocycles. The second kappa shape index (κ2) is 7.93. The molecule has 4 nitrogen and oxygen atoms in total. The third-order valence-electron chi connectivity index (χ3n) is 3.30. The first-order chi connectivity index (χ1) is 11.3. The van der Waals surface area contributed by atoms with Crippen LogP contribution in [0.5, 0.6) is 0 Å². The van der Waals surface area contributed by atoms with Crippen molar-refractivity contribution in [3.63, 3.8) is 0 Å². The number of nitrogens with one attached hydrogen (secondary N) is 1. The van der Waals surface area contributed by atoms with Crippen molar-refractivity contribution in [2.45, 2.75) is 20.3 Å². The van der Waals surface area contributed by atoms with Gasteiger partial charge in [0.1, 0.15) is 5.82 Å². The molecule has 0 aliphatic rings. The fraction of sp³-hybridized carbons (Fsp3) is 0.222. The van der Waals surface area contributed by atoms with E-state index in [1.807, 2.05) is 19.9 Å². The number of anilines is 1. The van der Waals surface area contributed by atoms with Crippen LogP contribution in [0.3, 0.4) is 0 Å². The van der Waals surface area contributed by atoms with Crippen molar-refractivity contribution in [1.82, 2.24) is 0 Å². The first kappa shape index (κ1) is 17.9. The Kier molecular flexibility index (Phi) is 5.93. The molecule has 126 valence electrons. The number of hydrogen-bond acceptors (Lipinski definition) is 3. The number of carbonyl (C=O) groups is 2. The summed E-state index contributed by atoms with van der Waals surface area (Å²) in [6.45, 7) is 3.29. The molecule has 0 spiro atoms. The molecule has 24 heavy (non-hydrogen) atoms. The average molecular weight is 350 g/mol. The molecule has 0 bridgehead atoms. The van der Waals surface area contributed by atoms with Crippen LogP contribution in [-0.2, 0) is 20.7 Å². The number of halogens is 2. The van der Waals surface area contributed by atoms with Crippen LogP contribution in [0.25, 0.3) is 0 Å². The third kappa shape index (κ3) is 5.06. The number of esters is 1. The molecule has 0 unspecified atom stereocenters. The highest BCUT2D eigenvalue weighted by Gasteiger charge is 2.12. The lowest BCUT2D eigenvalue weighted by Gasteiger charge is -2.12. The highest BCUT2D eigenvalue weighted by molar-refractivity contribution is 6.34. The molecule has 1 N–H and O–H groups in total. The molecule has 2 aromatic rings. The Labute approximate surface area is 144 Å². The molecule has 0 aliphatic heterocycles. The molecule has 0 radical (unpaired) electrons. The monoisotopic (exact) mass is 349 g/mol. The van der Waals surface area contributed by atoms with Crippen LogP contribution in [0.4, 0.5) is 10.1 Å². The minimum absolute atomic E-state index is 0.102. The largest absolute Gasteiger partial charge is 0.455 e. The van der Waals surface area contributed by atoms with Crippen LogP contribution in [0.1, 0.15) is 16.7 Å². The van der Waals surface area contributed by atoms with Gasteiger partial charge >= 0.3 is 5.97 Å². The molecule has 1 amide bonds.